The lowest BCUT2D eigenvalue weighted by Gasteiger charge is -2.27. The van der Waals surface area contributed by atoms with Gasteiger partial charge in [-0.15, -0.1) is 0 Å². The van der Waals surface area contributed by atoms with Gasteiger partial charge in [0.25, 0.3) is 0 Å². The zero-order valence-electron chi connectivity index (χ0n) is 28.5. The Balaban J connectivity index is 0.00000340. The largest absolute Gasteiger partial charge is 0.379 e. The standard InChI is InChI=1S/C27H46N4O8.C5H12/c1-18(2)24(20(32)17-19(25(36)27(3,4)5)7-6-11-29-26(28)37)30-21(33)10-13-38-15-16-39-14-12-31-22(34)8-9-23(31)35;1-5(2,3)4/h18-19,24H,6-17H2,1-5H3,(H,30,33)(H3,28,29,37);1-4H3/t19-,24+;/m1./s1. The van der Waals surface area contributed by atoms with Gasteiger partial charge < -0.3 is 25.8 Å². The van der Waals surface area contributed by atoms with Crippen LogP contribution in [0.2, 0.25) is 0 Å². The van der Waals surface area contributed by atoms with E-state index in [1.165, 1.54) is 4.90 Å². The summed E-state index contributed by atoms with van der Waals surface area (Å²) in [6.07, 6.45) is 1.46. The van der Waals surface area contributed by atoms with E-state index in [9.17, 15) is 28.8 Å². The summed E-state index contributed by atoms with van der Waals surface area (Å²) in [6.45, 7) is 19.2. The van der Waals surface area contributed by atoms with Crippen LogP contribution in [-0.4, -0.2) is 85.8 Å². The average molecular weight is 627 g/mol. The van der Waals surface area contributed by atoms with Gasteiger partial charge in [0, 0.05) is 43.6 Å². The molecule has 1 aliphatic heterocycles. The van der Waals surface area contributed by atoms with Crippen molar-refractivity contribution in [3.63, 3.8) is 0 Å². The molecule has 2 atom stereocenters. The molecule has 1 saturated heterocycles. The Labute approximate surface area is 263 Å². The maximum atomic E-state index is 13.2. The number of nitrogens with two attached hydrogens (primary N) is 1. The molecule has 44 heavy (non-hydrogen) atoms. The van der Waals surface area contributed by atoms with E-state index in [4.69, 9.17) is 15.2 Å². The Morgan fingerprint density at radius 3 is 1.89 bits per heavy atom. The molecule has 12 nitrogen and oxygen atoms in total. The molecule has 12 heteroatoms. The number of likely N-dealkylation sites (tertiary alicyclic amines) is 1. The number of nitrogens with one attached hydrogen (secondary N) is 2. The Bertz CT molecular complexity index is 931. The highest BCUT2D eigenvalue weighted by Gasteiger charge is 2.34. The molecule has 0 spiro atoms. The van der Waals surface area contributed by atoms with Gasteiger partial charge in [-0.05, 0) is 24.2 Å². The topological polar surface area (TPSA) is 174 Å². The molecule has 1 aliphatic rings. The molecule has 0 aromatic carbocycles. The van der Waals surface area contributed by atoms with Crippen molar-refractivity contribution in [1.82, 2.24) is 15.5 Å². The number of primary amides is 1. The highest BCUT2D eigenvalue weighted by Crippen LogP contribution is 2.26. The van der Waals surface area contributed by atoms with Crippen LogP contribution in [-0.2, 0) is 33.4 Å². The molecule has 4 N–H and O–H groups in total. The van der Waals surface area contributed by atoms with Gasteiger partial charge in [-0.25, -0.2) is 4.79 Å². The van der Waals surface area contributed by atoms with Gasteiger partial charge in [-0.1, -0.05) is 62.3 Å². The smallest absolute Gasteiger partial charge is 0.312 e. The second kappa shape index (κ2) is 20.2. The molecule has 0 bridgehead atoms. The molecule has 0 unspecified atom stereocenters. The molecule has 0 aromatic rings. The quantitative estimate of drug-likeness (QED) is 0.144. The first-order valence-corrected chi connectivity index (χ1v) is 15.6. The number of ketones is 2. The van der Waals surface area contributed by atoms with Gasteiger partial charge in [0.05, 0.1) is 39.0 Å². The van der Waals surface area contributed by atoms with Crippen LogP contribution >= 0.6 is 0 Å². The SMILES string of the molecule is CC(C)(C)C.CC(C)[C@H](NC(=O)CCOCCOCCN1C(=O)CCC1=O)C(=O)C[C@@H](CCCNC(N)=O)C(=O)C(C)(C)C. The van der Waals surface area contributed by atoms with Gasteiger partial charge in [0.15, 0.2) is 5.78 Å². The number of nitrogens with zero attached hydrogens (tertiary/aromatic N) is 1. The summed E-state index contributed by atoms with van der Waals surface area (Å²) in [5.74, 6) is -1.66. The molecule has 254 valence electrons. The van der Waals surface area contributed by atoms with Gasteiger partial charge in [0.2, 0.25) is 17.7 Å². The maximum absolute atomic E-state index is 13.2. The van der Waals surface area contributed by atoms with Crippen molar-refractivity contribution < 1.29 is 38.2 Å². The first-order valence-electron chi connectivity index (χ1n) is 15.6. The predicted molar refractivity (Wildman–Crippen MR) is 169 cm³/mol. The number of hydrogen-bond donors (Lipinski definition) is 3. The van der Waals surface area contributed by atoms with Crippen molar-refractivity contribution in [2.24, 2.45) is 28.4 Å². The lowest BCUT2D eigenvalue weighted by atomic mass is 9.78. The number of urea groups is 1. The lowest BCUT2D eigenvalue weighted by Crippen LogP contribution is -2.46. The van der Waals surface area contributed by atoms with Gasteiger partial charge in [-0.3, -0.25) is 28.9 Å². The summed E-state index contributed by atoms with van der Waals surface area (Å²) in [4.78, 5) is 73.9. The van der Waals surface area contributed by atoms with E-state index in [2.05, 4.69) is 38.3 Å². The summed E-state index contributed by atoms with van der Waals surface area (Å²) in [5.41, 5.74) is 4.95. The van der Waals surface area contributed by atoms with Gasteiger partial charge >= 0.3 is 6.03 Å². The molecule has 1 heterocycles. The minimum absolute atomic E-state index is 0.00172. The average Bonchev–Trinajstić information content (AvgIpc) is 3.20. The molecular weight excluding hydrogens is 568 g/mol. The van der Waals surface area contributed by atoms with Crippen LogP contribution < -0.4 is 16.4 Å². The number of hydrogen-bond acceptors (Lipinski definition) is 8. The lowest BCUT2D eigenvalue weighted by molar-refractivity contribution is -0.139. The minimum Gasteiger partial charge on any atom is -0.379 e. The number of ether oxygens (including phenoxy) is 2. The number of carbonyl (C=O) groups is 6. The van der Waals surface area contributed by atoms with E-state index in [-0.39, 0.29) is 93.9 Å². The third-order valence-electron chi connectivity index (χ3n) is 6.38. The van der Waals surface area contributed by atoms with Crippen molar-refractivity contribution in [1.29, 1.82) is 0 Å². The highest BCUT2D eigenvalue weighted by molar-refractivity contribution is 6.01. The van der Waals surface area contributed by atoms with Crippen molar-refractivity contribution in [2.75, 3.05) is 39.5 Å². The molecule has 1 fully saturated rings. The molecule has 0 aromatic heterocycles. The fourth-order valence-corrected chi connectivity index (χ4v) is 4.25. The third-order valence-corrected chi connectivity index (χ3v) is 6.38. The first-order chi connectivity index (χ1) is 20.2. The Morgan fingerprint density at radius 2 is 1.41 bits per heavy atom. The van der Waals surface area contributed by atoms with E-state index in [0.717, 1.165) is 0 Å². The van der Waals surface area contributed by atoms with Crippen LogP contribution in [0.5, 0.6) is 0 Å². The summed E-state index contributed by atoms with van der Waals surface area (Å²) < 4.78 is 10.8. The molecule has 0 aliphatic carbocycles. The molecule has 1 rings (SSSR count). The fourth-order valence-electron chi connectivity index (χ4n) is 4.25. The van der Waals surface area contributed by atoms with Gasteiger partial charge in [0.1, 0.15) is 5.78 Å². The van der Waals surface area contributed by atoms with Crippen LogP contribution in [0, 0.1) is 22.7 Å². The van der Waals surface area contributed by atoms with Crippen molar-refractivity contribution in [2.45, 2.75) is 107 Å². The first kappa shape index (κ1) is 41.1. The Kier molecular flexibility index (Phi) is 18.9. The fraction of sp³-hybridized carbons (Fsp3) is 0.812. The maximum Gasteiger partial charge on any atom is 0.312 e. The van der Waals surface area contributed by atoms with Gasteiger partial charge in [-0.2, -0.15) is 0 Å². The molecule has 0 radical (unpaired) electrons. The number of carbonyl (C=O) groups excluding carboxylic acids is 6. The van der Waals surface area contributed by atoms with E-state index in [1.54, 1.807) is 20.8 Å². The van der Waals surface area contributed by atoms with Crippen molar-refractivity contribution >= 4 is 35.3 Å². The number of rotatable bonds is 19. The summed E-state index contributed by atoms with van der Waals surface area (Å²) in [7, 11) is 0. The highest BCUT2D eigenvalue weighted by atomic mass is 16.5. The van der Waals surface area contributed by atoms with Crippen LogP contribution in [0.15, 0.2) is 0 Å². The molecular formula is C32H58N4O8. The number of amides is 5. The van der Waals surface area contributed by atoms with Crippen LogP contribution in [0.25, 0.3) is 0 Å². The van der Waals surface area contributed by atoms with Crippen molar-refractivity contribution in [3.05, 3.63) is 0 Å². The minimum atomic E-state index is -0.740. The van der Waals surface area contributed by atoms with Crippen LogP contribution in [0.4, 0.5) is 4.79 Å². The van der Waals surface area contributed by atoms with E-state index in [1.807, 2.05) is 13.8 Å². The number of Topliss-reactive ketones (excluding diaryl/α,β-unsaturated/α-hetero) is 2. The summed E-state index contributed by atoms with van der Waals surface area (Å²) in [5, 5.41) is 5.27. The third kappa shape index (κ3) is 19.4. The summed E-state index contributed by atoms with van der Waals surface area (Å²) >= 11 is 0. The van der Waals surface area contributed by atoms with E-state index < -0.39 is 23.4 Å². The van der Waals surface area contributed by atoms with E-state index in [0.29, 0.717) is 24.8 Å². The monoisotopic (exact) mass is 626 g/mol. The predicted octanol–water partition coefficient (Wildman–Crippen LogP) is 3.39. The van der Waals surface area contributed by atoms with E-state index >= 15 is 0 Å². The number of imide groups is 1. The summed E-state index contributed by atoms with van der Waals surface area (Å²) in [6, 6.07) is -1.38. The van der Waals surface area contributed by atoms with Crippen LogP contribution in [0.3, 0.4) is 0 Å². The molecule has 0 saturated carbocycles. The Hall–Kier alpha value is -2.86. The van der Waals surface area contributed by atoms with Crippen molar-refractivity contribution in [3.8, 4) is 0 Å². The Morgan fingerprint density at radius 1 is 0.886 bits per heavy atom. The molecule has 5 amide bonds. The second-order valence-electron chi connectivity index (χ2n) is 14.1. The second-order valence-corrected chi connectivity index (χ2v) is 14.1. The van der Waals surface area contributed by atoms with Crippen LogP contribution in [0.1, 0.15) is 101 Å². The zero-order valence-corrected chi connectivity index (χ0v) is 28.5. The zero-order chi connectivity index (χ0) is 34.1. The normalized spacial score (nSPS) is 15.0.